The highest BCUT2D eigenvalue weighted by molar-refractivity contribution is 5.57. The molecule has 0 heterocycles. The number of allylic oxidation sites excluding steroid dienone is 1. The molecule has 0 saturated carbocycles. The molecular formula is C30H36O3. The third-order valence-electron chi connectivity index (χ3n) is 6.67. The first-order valence-electron chi connectivity index (χ1n) is 11.6. The number of hydrogen-bond donors (Lipinski definition) is 3. The predicted octanol–water partition coefficient (Wildman–Crippen LogP) is 7.64. The van der Waals surface area contributed by atoms with E-state index in [1.807, 2.05) is 53.7 Å². The first kappa shape index (κ1) is 24.4. The molecule has 0 aliphatic carbocycles. The normalized spacial score (nSPS) is 13.4. The molecule has 2 unspecified atom stereocenters. The highest BCUT2D eigenvalue weighted by Crippen LogP contribution is 2.36. The lowest BCUT2D eigenvalue weighted by Gasteiger charge is -2.22. The molecule has 33 heavy (non-hydrogen) atoms. The molecule has 2 atom stereocenters. The van der Waals surface area contributed by atoms with Gasteiger partial charge in [0.25, 0.3) is 0 Å². The smallest absolute Gasteiger partial charge is 0.121 e. The Hall–Kier alpha value is -3.20. The van der Waals surface area contributed by atoms with Crippen molar-refractivity contribution in [1.29, 1.82) is 0 Å². The average Bonchev–Trinajstić information content (AvgIpc) is 2.75. The highest BCUT2D eigenvalue weighted by atomic mass is 16.3. The van der Waals surface area contributed by atoms with E-state index in [2.05, 4.69) is 43.3 Å². The summed E-state index contributed by atoms with van der Waals surface area (Å²) in [5.74, 6) is 1.48. The van der Waals surface area contributed by atoms with Gasteiger partial charge in [0.05, 0.1) is 0 Å². The highest BCUT2D eigenvalue weighted by Gasteiger charge is 2.18. The SMILES string of the molecule is Cc1cc(/C=C/C(CC(C)c2cc(C)c(O)c(C)c2)c2cc(C)c(O)c(C)c2)cc(C)c1O. The van der Waals surface area contributed by atoms with Crippen LogP contribution in [0.25, 0.3) is 6.08 Å². The van der Waals surface area contributed by atoms with E-state index in [1.165, 1.54) is 11.1 Å². The fraction of sp³-hybridized carbons (Fsp3) is 0.333. The molecule has 3 aromatic carbocycles. The Labute approximate surface area is 198 Å². The zero-order valence-electron chi connectivity index (χ0n) is 20.8. The maximum absolute atomic E-state index is 10.3. The summed E-state index contributed by atoms with van der Waals surface area (Å²) in [4.78, 5) is 0. The van der Waals surface area contributed by atoms with Gasteiger partial charge >= 0.3 is 0 Å². The van der Waals surface area contributed by atoms with Gasteiger partial charge in [0.1, 0.15) is 17.2 Å². The summed E-state index contributed by atoms with van der Waals surface area (Å²) in [6.45, 7) is 13.8. The van der Waals surface area contributed by atoms with Crippen molar-refractivity contribution in [3.8, 4) is 17.2 Å². The molecule has 0 aliphatic rings. The molecule has 3 rings (SSSR count). The Kier molecular flexibility index (Phi) is 7.22. The van der Waals surface area contributed by atoms with E-state index in [1.54, 1.807) is 0 Å². The molecule has 0 radical (unpaired) electrons. The Bertz CT molecular complexity index is 1130. The van der Waals surface area contributed by atoms with E-state index in [0.717, 1.165) is 45.4 Å². The molecule has 0 bridgehead atoms. The van der Waals surface area contributed by atoms with Crippen molar-refractivity contribution in [2.24, 2.45) is 0 Å². The van der Waals surface area contributed by atoms with Crippen LogP contribution in [-0.4, -0.2) is 15.3 Å². The van der Waals surface area contributed by atoms with E-state index in [9.17, 15) is 15.3 Å². The summed E-state index contributed by atoms with van der Waals surface area (Å²) in [6.07, 6.45) is 5.24. The topological polar surface area (TPSA) is 60.7 Å². The quantitative estimate of drug-likeness (QED) is 0.366. The van der Waals surface area contributed by atoms with Crippen LogP contribution in [0.3, 0.4) is 0 Å². The summed E-state index contributed by atoms with van der Waals surface area (Å²) in [5.41, 5.74) is 8.73. The minimum atomic E-state index is 0.141. The van der Waals surface area contributed by atoms with Crippen LogP contribution in [0.2, 0.25) is 0 Å². The van der Waals surface area contributed by atoms with Crippen molar-refractivity contribution in [1.82, 2.24) is 0 Å². The van der Waals surface area contributed by atoms with Gasteiger partial charge in [0.2, 0.25) is 0 Å². The fourth-order valence-corrected chi connectivity index (χ4v) is 4.63. The second-order valence-corrected chi connectivity index (χ2v) is 9.61. The molecule has 0 spiro atoms. The maximum atomic E-state index is 10.3. The van der Waals surface area contributed by atoms with Crippen molar-refractivity contribution < 1.29 is 15.3 Å². The minimum absolute atomic E-state index is 0.141. The van der Waals surface area contributed by atoms with E-state index in [4.69, 9.17) is 0 Å². The molecule has 3 heteroatoms. The molecular weight excluding hydrogens is 408 g/mol. The van der Waals surface area contributed by atoms with Crippen LogP contribution in [0.4, 0.5) is 0 Å². The zero-order valence-corrected chi connectivity index (χ0v) is 20.8. The molecule has 0 saturated heterocycles. The fourth-order valence-electron chi connectivity index (χ4n) is 4.63. The lowest BCUT2D eigenvalue weighted by atomic mass is 9.83. The summed E-state index contributed by atoms with van der Waals surface area (Å²) < 4.78 is 0. The van der Waals surface area contributed by atoms with Gasteiger partial charge in [-0.25, -0.2) is 0 Å². The van der Waals surface area contributed by atoms with Gasteiger partial charge < -0.3 is 15.3 Å². The molecule has 3 aromatic rings. The first-order valence-corrected chi connectivity index (χ1v) is 11.6. The summed E-state index contributed by atoms with van der Waals surface area (Å²) in [5, 5.41) is 30.6. The van der Waals surface area contributed by atoms with Gasteiger partial charge in [-0.3, -0.25) is 0 Å². The maximum Gasteiger partial charge on any atom is 0.121 e. The molecule has 0 amide bonds. The first-order chi connectivity index (χ1) is 15.5. The van der Waals surface area contributed by atoms with Crippen molar-refractivity contribution in [2.45, 2.75) is 66.7 Å². The van der Waals surface area contributed by atoms with Crippen LogP contribution in [0.1, 0.15) is 75.3 Å². The largest absolute Gasteiger partial charge is 0.507 e. The lowest BCUT2D eigenvalue weighted by molar-refractivity contribution is 0.466. The van der Waals surface area contributed by atoms with Crippen LogP contribution in [0.15, 0.2) is 42.5 Å². The van der Waals surface area contributed by atoms with E-state index >= 15 is 0 Å². The van der Waals surface area contributed by atoms with Gasteiger partial charge in [-0.05, 0) is 116 Å². The number of phenolic OH excluding ortho intramolecular Hbond substituents is 3. The second kappa shape index (κ2) is 9.74. The number of rotatable bonds is 6. The summed E-state index contributed by atoms with van der Waals surface area (Å²) in [6, 6.07) is 12.3. The second-order valence-electron chi connectivity index (χ2n) is 9.61. The molecule has 0 aliphatic heterocycles. The summed E-state index contributed by atoms with van der Waals surface area (Å²) >= 11 is 0. The number of phenols is 3. The Morgan fingerprint density at radius 3 is 1.39 bits per heavy atom. The molecule has 3 N–H and O–H groups in total. The number of aryl methyl sites for hydroxylation is 6. The molecule has 174 valence electrons. The zero-order chi connectivity index (χ0) is 24.4. The number of aromatic hydroxyl groups is 3. The molecule has 0 fully saturated rings. The van der Waals surface area contributed by atoms with Crippen LogP contribution in [0, 0.1) is 41.5 Å². The van der Waals surface area contributed by atoms with E-state index in [0.29, 0.717) is 17.2 Å². The summed E-state index contributed by atoms with van der Waals surface area (Å²) in [7, 11) is 0. The van der Waals surface area contributed by atoms with Crippen molar-refractivity contribution in [2.75, 3.05) is 0 Å². The third kappa shape index (κ3) is 5.42. The number of hydrogen-bond acceptors (Lipinski definition) is 3. The third-order valence-corrected chi connectivity index (χ3v) is 6.67. The molecule has 0 aromatic heterocycles. The lowest BCUT2D eigenvalue weighted by Crippen LogP contribution is -2.04. The van der Waals surface area contributed by atoms with Gasteiger partial charge in [0, 0.05) is 5.92 Å². The van der Waals surface area contributed by atoms with Gasteiger partial charge in [-0.15, -0.1) is 0 Å². The Balaban J connectivity index is 2.00. The van der Waals surface area contributed by atoms with Crippen LogP contribution in [-0.2, 0) is 0 Å². The van der Waals surface area contributed by atoms with E-state index in [-0.39, 0.29) is 11.8 Å². The Morgan fingerprint density at radius 2 is 0.970 bits per heavy atom. The average molecular weight is 445 g/mol. The monoisotopic (exact) mass is 444 g/mol. The van der Waals surface area contributed by atoms with Crippen LogP contribution in [0.5, 0.6) is 17.2 Å². The standard InChI is InChI=1S/C30H36O3/c1-17(26-13-20(4)29(32)21(5)14-26)12-25(27-15-22(6)30(33)23(7)16-27)9-8-24-10-18(2)28(31)19(3)11-24/h8-11,13-17,25,31-33H,12H2,1-7H3/b9-8+. The minimum Gasteiger partial charge on any atom is -0.507 e. The number of benzene rings is 3. The van der Waals surface area contributed by atoms with Crippen molar-refractivity contribution in [3.63, 3.8) is 0 Å². The van der Waals surface area contributed by atoms with Crippen molar-refractivity contribution in [3.05, 3.63) is 92.5 Å². The van der Waals surface area contributed by atoms with Crippen LogP contribution >= 0.6 is 0 Å². The van der Waals surface area contributed by atoms with Gasteiger partial charge in [0.15, 0.2) is 0 Å². The van der Waals surface area contributed by atoms with Gasteiger partial charge in [-0.1, -0.05) is 43.3 Å². The predicted molar refractivity (Wildman–Crippen MR) is 138 cm³/mol. The van der Waals surface area contributed by atoms with Gasteiger partial charge in [-0.2, -0.15) is 0 Å². The van der Waals surface area contributed by atoms with Crippen LogP contribution < -0.4 is 0 Å². The molecule has 3 nitrogen and oxygen atoms in total. The Morgan fingerprint density at radius 1 is 0.606 bits per heavy atom. The van der Waals surface area contributed by atoms with E-state index < -0.39 is 0 Å². The van der Waals surface area contributed by atoms with Crippen molar-refractivity contribution >= 4 is 6.08 Å².